The van der Waals surface area contributed by atoms with Crippen LogP contribution in [0, 0.1) is 5.92 Å². The minimum atomic E-state index is -1.91. The Hall–Kier alpha value is -1.43. The number of hydrogen-bond donors (Lipinski definition) is 1. The number of amides is 1. The smallest absolute Gasteiger partial charge is 0.225 e. The van der Waals surface area contributed by atoms with Crippen LogP contribution in [-0.2, 0) is 15.6 Å². The number of nitrogens with zero attached hydrogens (tertiary/aromatic N) is 1. The molecule has 5 heteroatoms. The molecule has 0 saturated heterocycles. The van der Waals surface area contributed by atoms with Gasteiger partial charge in [-0.05, 0) is 87.4 Å². The summed E-state index contributed by atoms with van der Waals surface area (Å²) in [4.78, 5) is 14.9. The molecule has 0 heterocycles. The van der Waals surface area contributed by atoms with E-state index >= 15 is 0 Å². The van der Waals surface area contributed by atoms with Crippen molar-refractivity contribution in [3.05, 3.63) is 48.0 Å². The van der Waals surface area contributed by atoms with Gasteiger partial charge in [0.15, 0.2) is 8.32 Å². The highest BCUT2D eigenvalue weighted by Crippen LogP contribution is 2.39. The second kappa shape index (κ2) is 15.4. The summed E-state index contributed by atoms with van der Waals surface area (Å²) in [5.41, 5.74) is 0.507. The first-order valence-corrected chi connectivity index (χ1v) is 18.2. The summed E-state index contributed by atoms with van der Waals surface area (Å²) in [6, 6.07) is 10.7. The molecule has 2 rings (SSSR count). The van der Waals surface area contributed by atoms with Crippen LogP contribution in [0.3, 0.4) is 0 Å². The highest BCUT2D eigenvalue weighted by molar-refractivity contribution is 6.74. The molecule has 1 aliphatic carbocycles. The third-order valence-electron chi connectivity index (χ3n) is 8.58. The first kappa shape index (κ1) is 32.8. The second-order valence-corrected chi connectivity index (χ2v) is 17.9. The Kier molecular flexibility index (Phi) is 13.3. The van der Waals surface area contributed by atoms with E-state index in [1.807, 2.05) is 4.90 Å². The predicted molar refractivity (Wildman–Crippen MR) is 164 cm³/mol. The SMILES string of the molecule is CCCN(CCC)C(=O)C[C@]1(O)CCC[C@H](/C=C/C(CCCCc2ccccc2)O[Si](C)(C)C(C)(C)C)C1. The third-order valence-corrected chi connectivity index (χ3v) is 13.1. The number of hydrogen-bond acceptors (Lipinski definition) is 3. The monoisotopic (exact) mass is 543 g/mol. The Morgan fingerprint density at radius 2 is 1.82 bits per heavy atom. The summed E-state index contributed by atoms with van der Waals surface area (Å²) in [6.07, 6.45) is 14.7. The fourth-order valence-corrected chi connectivity index (χ4v) is 6.66. The lowest BCUT2D eigenvalue weighted by Crippen LogP contribution is -2.43. The molecular weight excluding hydrogens is 486 g/mol. The lowest BCUT2D eigenvalue weighted by atomic mass is 9.76. The Labute approximate surface area is 235 Å². The van der Waals surface area contributed by atoms with Crippen molar-refractivity contribution in [1.82, 2.24) is 4.90 Å². The van der Waals surface area contributed by atoms with Gasteiger partial charge in [0, 0.05) is 13.1 Å². The second-order valence-electron chi connectivity index (χ2n) is 13.2. The van der Waals surface area contributed by atoms with Crippen molar-refractivity contribution in [2.45, 2.75) is 135 Å². The van der Waals surface area contributed by atoms with Crippen molar-refractivity contribution in [3.8, 4) is 0 Å². The van der Waals surface area contributed by atoms with Crippen LogP contribution in [0.15, 0.2) is 42.5 Å². The van der Waals surface area contributed by atoms with E-state index in [1.165, 1.54) is 5.56 Å². The van der Waals surface area contributed by atoms with Crippen LogP contribution in [0.1, 0.15) is 104 Å². The molecule has 0 radical (unpaired) electrons. The van der Waals surface area contributed by atoms with E-state index in [2.05, 4.69) is 90.2 Å². The van der Waals surface area contributed by atoms with Crippen molar-refractivity contribution in [2.24, 2.45) is 5.92 Å². The fraction of sp³-hybridized carbons (Fsp3) is 0.727. The fourth-order valence-electron chi connectivity index (χ4n) is 5.35. The summed E-state index contributed by atoms with van der Waals surface area (Å²) < 4.78 is 6.88. The molecule has 0 bridgehead atoms. The number of rotatable bonds is 15. The van der Waals surface area contributed by atoms with Crippen LogP contribution >= 0.6 is 0 Å². The van der Waals surface area contributed by atoms with Crippen molar-refractivity contribution < 1.29 is 14.3 Å². The molecule has 1 aliphatic rings. The van der Waals surface area contributed by atoms with Crippen molar-refractivity contribution in [2.75, 3.05) is 13.1 Å². The molecule has 1 saturated carbocycles. The Bertz CT molecular complexity index is 842. The normalized spacial score (nSPS) is 21.5. The van der Waals surface area contributed by atoms with Crippen molar-refractivity contribution in [1.29, 1.82) is 0 Å². The molecule has 216 valence electrons. The molecule has 1 aromatic rings. The molecule has 1 fully saturated rings. The standard InChI is InChI=1S/C33H57NO3Si/c1-8-24-34(25-9-2)31(35)27-33(36)23-15-19-29(26-33)21-22-30(37-38(6,7)32(3,4)5)20-14-13-18-28-16-11-10-12-17-28/h10-12,16-17,21-22,29-30,36H,8-9,13-15,18-20,23-27H2,1-7H3/b22-21+/t29-,30?,33+/m1/s1. The van der Waals surface area contributed by atoms with Crippen LogP contribution in [0.5, 0.6) is 0 Å². The molecule has 0 aromatic heterocycles. The molecular formula is C33H57NO3Si. The zero-order chi connectivity index (χ0) is 28.2. The summed E-state index contributed by atoms with van der Waals surface area (Å²) >= 11 is 0. The van der Waals surface area contributed by atoms with E-state index in [-0.39, 0.29) is 23.5 Å². The van der Waals surface area contributed by atoms with E-state index in [0.717, 1.165) is 70.9 Å². The maximum absolute atomic E-state index is 13.0. The van der Waals surface area contributed by atoms with Crippen LogP contribution in [-0.4, -0.2) is 49.0 Å². The maximum atomic E-state index is 13.0. The Balaban J connectivity index is 2.03. The summed E-state index contributed by atoms with van der Waals surface area (Å²) in [7, 11) is -1.91. The van der Waals surface area contributed by atoms with E-state index in [1.54, 1.807) is 0 Å². The Morgan fingerprint density at radius 3 is 2.42 bits per heavy atom. The molecule has 0 spiro atoms. The van der Waals surface area contributed by atoms with Gasteiger partial charge in [-0.2, -0.15) is 0 Å². The maximum Gasteiger partial charge on any atom is 0.225 e. The molecule has 4 nitrogen and oxygen atoms in total. The number of carbonyl (C=O) groups is 1. The van der Waals surface area contributed by atoms with Crippen LogP contribution in [0.2, 0.25) is 18.1 Å². The average Bonchev–Trinajstić information content (AvgIpc) is 2.84. The van der Waals surface area contributed by atoms with Crippen LogP contribution in [0.25, 0.3) is 0 Å². The highest BCUT2D eigenvalue weighted by Gasteiger charge is 2.39. The van der Waals surface area contributed by atoms with E-state index < -0.39 is 13.9 Å². The molecule has 1 amide bonds. The highest BCUT2D eigenvalue weighted by atomic mass is 28.4. The van der Waals surface area contributed by atoms with Crippen molar-refractivity contribution in [3.63, 3.8) is 0 Å². The first-order valence-electron chi connectivity index (χ1n) is 15.3. The van der Waals surface area contributed by atoms with Gasteiger partial charge in [0.05, 0.1) is 18.1 Å². The third kappa shape index (κ3) is 11.0. The number of benzene rings is 1. The van der Waals surface area contributed by atoms with Gasteiger partial charge >= 0.3 is 0 Å². The van der Waals surface area contributed by atoms with Gasteiger partial charge in [-0.15, -0.1) is 0 Å². The number of aliphatic hydroxyl groups is 1. The van der Waals surface area contributed by atoms with Crippen LogP contribution < -0.4 is 0 Å². The van der Waals surface area contributed by atoms with Crippen molar-refractivity contribution >= 4 is 14.2 Å². The van der Waals surface area contributed by atoms with E-state index in [9.17, 15) is 9.90 Å². The average molecular weight is 544 g/mol. The minimum Gasteiger partial charge on any atom is -0.411 e. The number of unbranched alkanes of at least 4 members (excludes halogenated alkanes) is 1. The van der Waals surface area contributed by atoms with Gasteiger partial charge < -0.3 is 14.4 Å². The van der Waals surface area contributed by atoms with Gasteiger partial charge in [0.2, 0.25) is 5.91 Å². The molecule has 1 N–H and O–H groups in total. The quantitative estimate of drug-likeness (QED) is 0.137. The van der Waals surface area contributed by atoms with Gasteiger partial charge in [-0.25, -0.2) is 0 Å². The van der Waals surface area contributed by atoms with Gasteiger partial charge in [-0.3, -0.25) is 4.79 Å². The Morgan fingerprint density at radius 1 is 1.16 bits per heavy atom. The summed E-state index contributed by atoms with van der Waals surface area (Å²) in [6.45, 7) is 17.3. The van der Waals surface area contributed by atoms with Crippen LogP contribution in [0.4, 0.5) is 0 Å². The van der Waals surface area contributed by atoms with E-state index in [4.69, 9.17) is 4.43 Å². The topological polar surface area (TPSA) is 49.8 Å². The van der Waals surface area contributed by atoms with Gasteiger partial charge in [0.1, 0.15) is 0 Å². The summed E-state index contributed by atoms with van der Waals surface area (Å²) in [5.74, 6) is 0.403. The number of aryl methyl sites for hydroxylation is 1. The minimum absolute atomic E-state index is 0.105. The predicted octanol–water partition coefficient (Wildman–Crippen LogP) is 8.31. The molecule has 3 atom stereocenters. The zero-order valence-electron chi connectivity index (χ0n) is 25.6. The molecule has 38 heavy (non-hydrogen) atoms. The summed E-state index contributed by atoms with van der Waals surface area (Å²) in [5, 5.41) is 11.6. The molecule has 0 aliphatic heterocycles. The lowest BCUT2D eigenvalue weighted by Gasteiger charge is -2.39. The largest absolute Gasteiger partial charge is 0.411 e. The van der Waals surface area contributed by atoms with Gasteiger partial charge in [-0.1, -0.05) is 83.5 Å². The first-order chi connectivity index (χ1) is 17.9. The van der Waals surface area contributed by atoms with E-state index in [0.29, 0.717) is 12.3 Å². The number of carbonyl (C=O) groups excluding carboxylic acids is 1. The number of allylic oxidation sites excluding steroid dienone is 1. The molecule has 1 unspecified atom stereocenters. The lowest BCUT2D eigenvalue weighted by molar-refractivity contribution is -0.138. The molecule has 1 aromatic carbocycles. The van der Waals surface area contributed by atoms with Gasteiger partial charge in [0.25, 0.3) is 0 Å². The zero-order valence-corrected chi connectivity index (χ0v) is 26.6.